The molecule has 0 saturated carbocycles. The Morgan fingerprint density at radius 3 is 2.28 bits per heavy atom. The molecule has 1 saturated heterocycles. The van der Waals surface area contributed by atoms with E-state index in [0.717, 1.165) is 47.4 Å². The molecule has 0 unspecified atom stereocenters. The van der Waals surface area contributed by atoms with Crippen LogP contribution in [-0.2, 0) is 0 Å². The molecule has 1 aliphatic rings. The number of carbonyl (C=O) groups excluding carboxylic acids is 1. The molecular formula is C23H27Br2N3O. The highest BCUT2D eigenvalue weighted by molar-refractivity contribution is 9.11. The molecule has 0 radical (unpaired) electrons. The van der Waals surface area contributed by atoms with Crippen LogP contribution in [0.1, 0.15) is 30.9 Å². The third-order valence-corrected chi connectivity index (χ3v) is 6.35. The lowest BCUT2D eigenvalue weighted by Gasteiger charge is -2.34. The molecule has 0 aliphatic carbocycles. The van der Waals surface area contributed by atoms with Crippen LogP contribution in [0.25, 0.3) is 6.08 Å². The van der Waals surface area contributed by atoms with Crippen LogP contribution in [0.2, 0.25) is 0 Å². The summed E-state index contributed by atoms with van der Waals surface area (Å²) in [6.07, 6.45) is 4.34. The number of amides is 2. The van der Waals surface area contributed by atoms with Crippen molar-refractivity contribution in [3.8, 4) is 0 Å². The van der Waals surface area contributed by atoms with Gasteiger partial charge >= 0.3 is 6.03 Å². The zero-order valence-corrected chi connectivity index (χ0v) is 20.0. The Balaban J connectivity index is 1.51. The second-order valence-corrected chi connectivity index (χ2v) is 9.25. The number of urea groups is 1. The van der Waals surface area contributed by atoms with E-state index in [4.69, 9.17) is 0 Å². The summed E-state index contributed by atoms with van der Waals surface area (Å²) in [5.41, 5.74) is 3.22. The van der Waals surface area contributed by atoms with Crippen molar-refractivity contribution in [1.29, 1.82) is 0 Å². The molecule has 2 aromatic rings. The number of hydrogen-bond donors (Lipinski definition) is 1. The number of hydrogen-bond acceptors (Lipinski definition) is 2. The van der Waals surface area contributed by atoms with E-state index in [1.807, 2.05) is 23.1 Å². The number of nitrogens with zero attached hydrogens (tertiary/aromatic N) is 2. The number of carbonyl (C=O) groups is 1. The molecule has 1 fully saturated rings. The molecule has 29 heavy (non-hydrogen) atoms. The van der Waals surface area contributed by atoms with Crippen molar-refractivity contribution in [2.45, 2.75) is 19.8 Å². The van der Waals surface area contributed by atoms with Crippen molar-refractivity contribution in [2.24, 2.45) is 0 Å². The van der Waals surface area contributed by atoms with Crippen LogP contribution in [-0.4, -0.2) is 48.6 Å². The maximum absolute atomic E-state index is 12.7. The van der Waals surface area contributed by atoms with Gasteiger partial charge in [-0.15, -0.1) is 0 Å². The Labute approximate surface area is 190 Å². The topological polar surface area (TPSA) is 35.6 Å². The average molecular weight is 521 g/mol. The van der Waals surface area contributed by atoms with Crippen LogP contribution in [0.15, 0.2) is 57.5 Å². The zero-order valence-electron chi connectivity index (χ0n) is 16.9. The van der Waals surface area contributed by atoms with Gasteiger partial charge in [0.2, 0.25) is 0 Å². The van der Waals surface area contributed by atoms with Crippen molar-refractivity contribution in [3.05, 3.63) is 68.6 Å². The van der Waals surface area contributed by atoms with Crippen LogP contribution >= 0.6 is 31.9 Å². The van der Waals surface area contributed by atoms with Crippen LogP contribution in [0.5, 0.6) is 0 Å². The van der Waals surface area contributed by atoms with E-state index in [1.165, 1.54) is 11.1 Å². The smallest absolute Gasteiger partial charge is 0.321 e. The van der Waals surface area contributed by atoms with Crippen LogP contribution in [0, 0.1) is 0 Å². The molecular weight excluding hydrogens is 494 g/mol. The van der Waals surface area contributed by atoms with Gasteiger partial charge in [-0.25, -0.2) is 4.79 Å². The Bertz CT molecular complexity index is 837. The molecule has 0 atom stereocenters. The van der Waals surface area contributed by atoms with Gasteiger partial charge in [0.15, 0.2) is 0 Å². The Morgan fingerprint density at radius 2 is 1.69 bits per heavy atom. The number of anilines is 1. The van der Waals surface area contributed by atoms with Crippen LogP contribution in [0.4, 0.5) is 10.5 Å². The summed E-state index contributed by atoms with van der Waals surface area (Å²) in [5, 5.41) is 3.05. The van der Waals surface area contributed by atoms with Gasteiger partial charge in [-0.1, -0.05) is 56.3 Å². The van der Waals surface area contributed by atoms with Gasteiger partial charge in [-0.2, -0.15) is 0 Å². The monoisotopic (exact) mass is 519 g/mol. The first-order valence-electron chi connectivity index (χ1n) is 9.93. The van der Waals surface area contributed by atoms with E-state index >= 15 is 0 Å². The highest BCUT2D eigenvalue weighted by Crippen LogP contribution is 2.35. The first-order chi connectivity index (χ1) is 13.9. The van der Waals surface area contributed by atoms with Gasteiger partial charge < -0.3 is 10.2 Å². The second-order valence-electron chi connectivity index (χ2n) is 7.55. The summed E-state index contributed by atoms with van der Waals surface area (Å²) < 4.78 is 1.79. The van der Waals surface area contributed by atoms with Crippen molar-refractivity contribution < 1.29 is 4.79 Å². The Morgan fingerprint density at radius 1 is 1.07 bits per heavy atom. The number of nitrogens with one attached hydrogen (secondary N) is 1. The highest BCUT2D eigenvalue weighted by atomic mass is 79.9. The molecule has 6 heteroatoms. The lowest BCUT2D eigenvalue weighted by Crippen LogP contribution is -2.50. The lowest BCUT2D eigenvalue weighted by atomic mass is 10.0. The number of rotatable bonds is 5. The molecule has 4 nitrogen and oxygen atoms in total. The lowest BCUT2D eigenvalue weighted by molar-refractivity contribution is 0.156. The Hall–Kier alpha value is -1.63. The summed E-state index contributed by atoms with van der Waals surface area (Å²) >= 11 is 7.19. The summed E-state index contributed by atoms with van der Waals surface area (Å²) in [4.78, 5) is 17.0. The van der Waals surface area contributed by atoms with Gasteiger partial charge in [-0.3, -0.25) is 4.90 Å². The van der Waals surface area contributed by atoms with E-state index in [2.05, 4.69) is 92.3 Å². The minimum absolute atomic E-state index is 0.0526. The number of benzene rings is 2. The van der Waals surface area contributed by atoms with Crippen molar-refractivity contribution in [1.82, 2.24) is 9.80 Å². The van der Waals surface area contributed by atoms with Gasteiger partial charge in [0.1, 0.15) is 0 Å². The fourth-order valence-corrected chi connectivity index (χ4v) is 4.69. The molecule has 2 amide bonds. The van der Waals surface area contributed by atoms with E-state index < -0.39 is 0 Å². The van der Waals surface area contributed by atoms with Gasteiger partial charge in [-0.05, 0) is 61.0 Å². The largest absolute Gasteiger partial charge is 0.322 e. The van der Waals surface area contributed by atoms with E-state index in [1.54, 1.807) is 0 Å². The third kappa shape index (κ3) is 6.17. The summed E-state index contributed by atoms with van der Waals surface area (Å²) in [6, 6.07) is 14.4. The molecule has 1 heterocycles. The van der Waals surface area contributed by atoms with Gasteiger partial charge in [0.25, 0.3) is 0 Å². The minimum atomic E-state index is -0.0526. The van der Waals surface area contributed by atoms with Gasteiger partial charge in [0.05, 0.1) is 5.69 Å². The van der Waals surface area contributed by atoms with Gasteiger partial charge in [0, 0.05) is 41.7 Å². The second kappa shape index (κ2) is 10.4. The standard InChI is InChI=1S/C23H27Br2N3O/c1-17(2)19-15-20(24)22(21(25)16-19)26-23(29)28-13-11-27(12-14-28)10-6-9-18-7-4-3-5-8-18/h3-9,15-17H,10-14H2,1-2H3,(H,26,29)/b9-6-. The highest BCUT2D eigenvalue weighted by Gasteiger charge is 2.22. The average Bonchev–Trinajstić information content (AvgIpc) is 2.71. The minimum Gasteiger partial charge on any atom is -0.322 e. The third-order valence-electron chi connectivity index (χ3n) is 5.10. The molecule has 0 bridgehead atoms. The van der Waals surface area contributed by atoms with E-state index in [9.17, 15) is 4.79 Å². The molecule has 1 aliphatic heterocycles. The van der Waals surface area contributed by atoms with E-state index in [-0.39, 0.29) is 6.03 Å². The Kier molecular flexibility index (Phi) is 7.92. The normalized spacial score (nSPS) is 15.3. The predicted molar refractivity (Wildman–Crippen MR) is 128 cm³/mol. The molecule has 0 spiro atoms. The fourth-order valence-electron chi connectivity index (χ4n) is 3.27. The SMILES string of the molecule is CC(C)c1cc(Br)c(NC(=O)N2CCN(C/C=C\c3ccccc3)CC2)c(Br)c1. The van der Waals surface area contributed by atoms with Crippen molar-refractivity contribution in [2.75, 3.05) is 38.0 Å². The summed E-state index contributed by atoms with van der Waals surface area (Å²) in [7, 11) is 0. The van der Waals surface area contributed by atoms with Crippen molar-refractivity contribution >= 4 is 49.7 Å². The quantitative estimate of drug-likeness (QED) is 0.509. The maximum atomic E-state index is 12.7. The van der Waals surface area contributed by atoms with Crippen molar-refractivity contribution in [3.63, 3.8) is 0 Å². The summed E-state index contributed by atoms with van der Waals surface area (Å²) in [5.74, 6) is 0.427. The van der Waals surface area contributed by atoms with Crippen LogP contribution < -0.4 is 5.32 Å². The van der Waals surface area contributed by atoms with E-state index in [0.29, 0.717) is 5.92 Å². The fraction of sp³-hybridized carbons (Fsp3) is 0.348. The number of halogens is 2. The molecule has 3 rings (SSSR count). The molecule has 154 valence electrons. The maximum Gasteiger partial charge on any atom is 0.321 e. The first-order valence-corrected chi connectivity index (χ1v) is 11.5. The number of piperazine rings is 1. The first kappa shape index (κ1) is 22.1. The zero-order chi connectivity index (χ0) is 20.8. The van der Waals surface area contributed by atoms with Crippen LogP contribution in [0.3, 0.4) is 0 Å². The molecule has 1 N–H and O–H groups in total. The predicted octanol–water partition coefficient (Wildman–Crippen LogP) is 6.20. The molecule has 2 aromatic carbocycles. The molecule has 0 aromatic heterocycles. The summed E-state index contributed by atoms with van der Waals surface area (Å²) in [6.45, 7) is 8.41.